The summed E-state index contributed by atoms with van der Waals surface area (Å²) >= 11 is 1.55. The van der Waals surface area contributed by atoms with Gasteiger partial charge in [0.2, 0.25) is 5.95 Å². The van der Waals surface area contributed by atoms with Crippen LogP contribution in [-0.4, -0.2) is 27.3 Å². The second-order valence-electron chi connectivity index (χ2n) is 4.38. The Bertz CT molecular complexity index is 349. The molecule has 2 rings (SSSR count). The average molecular weight is 242 g/mol. The van der Waals surface area contributed by atoms with Crippen molar-refractivity contribution >= 4 is 17.7 Å². The molecule has 1 heterocycles. The van der Waals surface area contributed by atoms with Crippen LogP contribution in [0.2, 0.25) is 0 Å². The normalized spacial score (nSPS) is 15.9. The maximum absolute atomic E-state index is 5.74. The highest BCUT2D eigenvalue weighted by atomic mass is 32.2. The van der Waals surface area contributed by atoms with Gasteiger partial charge in [-0.2, -0.15) is 0 Å². The maximum atomic E-state index is 5.74. The topological polar surface area (TPSA) is 66.0 Å². The van der Waals surface area contributed by atoms with Crippen molar-refractivity contribution in [2.75, 3.05) is 18.3 Å². The molecule has 0 aromatic carbocycles. The number of hydrogen-bond acceptors (Lipinski definition) is 5. The van der Waals surface area contributed by atoms with Gasteiger partial charge in [0.1, 0.15) is 0 Å². The predicted octanol–water partition coefficient (Wildman–Crippen LogP) is 1.92. The van der Waals surface area contributed by atoms with Gasteiger partial charge in [-0.15, -0.1) is 10.2 Å². The lowest BCUT2D eigenvalue weighted by Crippen LogP contribution is -2.07. The molecule has 6 heteroatoms. The van der Waals surface area contributed by atoms with E-state index in [0.29, 0.717) is 11.9 Å². The fraction of sp³-hybridized carbons (Fsp3) is 0.800. The minimum Gasteiger partial charge on any atom is -0.370 e. The minimum absolute atomic E-state index is 0.279. The van der Waals surface area contributed by atoms with Crippen LogP contribution in [0, 0.1) is 5.92 Å². The van der Waals surface area contributed by atoms with Crippen molar-refractivity contribution in [3.05, 3.63) is 0 Å². The minimum atomic E-state index is 0.279. The summed E-state index contributed by atoms with van der Waals surface area (Å²) in [5.74, 6) is 1.90. The van der Waals surface area contributed by atoms with Crippen molar-refractivity contribution in [2.24, 2.45) is 5.92 Å². The highest BCUT2D eigenvalue weighted by molar-refractivity contribution is 7.99. The molecule has 0 atom stereocenters. The quantitative estimate of drug-likeness (QED) is 0.469. The first-order valence-electron chi connectivity index (χ1n) is 5.59. The Balaban J connectivity index is 1.82. The van der Waals surface area contributed by atoms with E-state index in [1.54, 1.807) is 11.8 Å². The second kappa shape index (κ2) is 5.05. The number of nitrogens with zero attached hydrogens (tertiary/aromatic N) is 3. The molecular weight excluding hydrogens is 224 g/mol. The van der Waals surface area contributed by atoms with Crippen molar-refractivity contribution in [2.45, 2.75) is 37.9 Å². The molecule has 0 aliphatic heterocycles. The van der Waals surface area contributed by atoms with Crippen molar-refractivity contribution in [3.63, 3.8) is 0 Å². The van der Waals surface area contributed by atoms with E-state index < -0.39 is 0 Å². The molecule has 1 aromatic rings. The first-order valence-corrected chi connectivity index (χ1v) is 6.58. The largest absolute Gasteiger partial charge is 0.370 e. The summed E-state index contributed by atoms with van der Waals surface area (Å²) in [7, 11) is 0. The first-order chi connectivity index (χ1) is 7.68. The van der Waals surface area contributed by atoms with Crippen LogP contribution in [0.3, 0.4) is 0 Å². The summed E-state index contributed by atoms with van der Waals surface area (Å²) in [6, 6.07) is 0.279. The van der Waals surface area contributed by atoms with Gasteiger partial charge in [0.25, 0.3) is 0 Å². The standard InChI is InChI=1S/C10H18N4OS/c1-7(2)14-9(11)12-13-10(14)16-6-15-5-8-3-4-8/h7-8H,3-6H2,1-2H3,(H2,11,12). The highest BCUT2D eigenvalue weighted by Crippen LogP contribution is 2.29. The van der Waals surface area contributed by atoms with Crippen LogP contribution in [0.15, 0.2) is 5.16 Å². The van der Waals surface area contributed by atoms with Crippen LogP contribution in [-0.2, 0) is 4.74 Å². The monoisotopic (exact) mass is 242 g/mol. The van der Waals surface area contributed by atoms with Gasteiger partial charge in [-0.1, -0.05) is 11.8 Å². The van der Waals surface area contributed by atoms with Crippen LogP contribution >= 0.6 is 11.8 Å². The lowest BCUT2D eigenvalue weighted by molar-refractivity contribution is 0.170. The molecule has 0 radical (unpaired) electrons. The lowest BCUT2D eigenvalue weighted by Gasteiger charge is -2.11. The van der Waals surface area contributed by atoms with Gasteiger partial charge in [-0.05, 0) is 32.6 Å². The van der Waals surface area contributed by atoms with Gasteiger partial charge >= 0.3 is 0 Å². The van der Waals surface area contributed by atoms with E-state index in [2.05, 4.69) is 24.0 Å². The van der Waals surface area contributed by atoms with E-state index in [0.717, 1.165) is 17.7 Å². The van der Waals surface area contributed by atoms with E-state index >= 15 is 0 Å². The van der Waals surface area contributed by atoms with Gasteiger partial charge in [-0.25, -0.2) is 0 Å². The Kier molecular flexibility index (Phi) is 3.70. The summed E-state index contributed by atoms with van der Waals surface area (Å²) in [5.41, 5.74) is 5.74. The summed E-state index contributed by atoms with van der Waals surface area (Å²) in [5, 5.41) is 8.75. The molecule has 0 unspecified atom stereocenters. The van der Waals surface area contributed by atoms with Crippen molar-refractivity contribution in [3.8, 4) is 0 Å². The zero-order valence-electron chi connectivity index (χ0n) is 9.72. The Hall–Kier alpha value is -0.750. The second-order valence-corrected chi connectivity index (χ2v) is 5.27. The number of nitrogen functional groups attached to an aromatic ring is 1. The van der Waals surface area contributed by atoms with Gasteiger partial charge in [0.15, 0.2) is 5.16 Å². The average Bonchev–Trinajstić information content (AvgIpc) is 2.97. The third-order valence-corrected chi connectivity index (χ3v) is 3.35. The number of thioether (sulfide) groups is 1. The van der Waals surface area contributed by atoms with Crippen molar-refractivity contribution in [1.82, 2.24) is 14.8 Å². The first kappa shape index (κ1) is 11.7. The Morgan fingerprint density at radius 1 is 1.50 bits per heavy atom. The molecule has 0 amide bonds. The van der Waals surface area contributed by atoms with E-state index in [1.165, 1.54) is 12.8 Å². The molecule has 1 aromatic heterocycles. The van der Waals surface area contributed by atoms with Gasteiger partial charge < -0.3 is 10.5 Å². The predicted molar refractivity (Wildman–Crippen MR) is 64.2 cm³/mol. The molecule has 16 heavy (non-hydrogen) atoms. The fourth-order valence-electron chi connectivity index (χ4n) is 1.47. The van der Waals surface area contributed by atoms with Gasteiger partial charge in [0.05, 0.1) is 12.5 Å². The fourth-order valence-corrected chi connectivity index (χ4v) is 2.29. The number of hydrogen-bond donors (Lipinski definition) is 1. The van der Waals surface area contributed by atoms with Gasteiger partial charge in [0, 0.05) is 6.04 Å². The van der Waals surface area contributed by atoms with Crippen LogP contribution in [0.4, 0.5) is 5.95 Å². The Morgan fingerprint density at radius 3 is 2.88 bits per heavy atom. The molecule has 1 aliphatic carbocycles. The molecule has 0 bridgehead atoms. The summed E-state index contributed by atoms with van der Waals surface area (Å²) in [6.45, 7) is 5.00. The Labute approximate surface area is 99.7 Å². The molecule has 1 saturated carbocycles. The number of anilines is 1. The number of nitrogens with two attached hydrogens (primary N) is 1. The summed E-state index contributed by atoms with van der Waals surface area (Å²) < 4.78 is 7.47. The van der Waals surface area contributed by atoms with Crippen molar-refractivity contribution < 1.29 is 4.74 Å². The molecule has 1 fully saturated rings. The maximum Gasteiger partial charge on any atom is 0.222 e. The molecule has 1 aliphatic rings. The van der Waals surface area contributed by atoms with Crippen LogP contribution < -0.4 is 5.73 Å². The lowest BCUT2D eigenvalue weighted by atomic mass is 10.4. The summed E-state index contributed by atoms with van der Waals surface area (Å²) in [6.07, 6.45) is 2.64. The van der Waals surface area contributed by atoms with E-state index in [9.17, 15) is 0 Å². The smallest absolute Gasteiger partial charge is 0.222 e. The van der Waals surface area contributed by atoms with Crippen molar-refractivity contribution in [1.29, 1.82) is 0 Å². The van der Waals surface area contributed by atoms with E-state index in [-0.39, 0.29) is 6.04 Å². The van der Waals surface area contributed by atoms with Crippen LogP contribution in [0.25, 0.3) is 0 Å². The summed E-state index contributed by atoms with van der Waals surface area (Å²) in [4.78, 5) is 0. The van der Waals surface area contributed by atoms with Crippen LogP contribution in [0.5, 0.6) is 0 Å². The number of ether oxygens (including phenoxy) is 1. The zero-order valence-corrected chi connectivity index (χ0v) is 10.5. The number of aromatic nitrogens is 3. The molecular formula is C10H18N4OS. The van der Waals surface area contributed by atoms with E-state index in [4.69, 9.17) is 10.5 Å². The molecule has 5 nitrogen and oxygen atoms in total. The zero-order chi connectivity index (χ0) is 11.5. The molecule has 0 saturated heterocycles. The third kappa shape index (κ3) is 2.89. The Morgan fingerprint density at radius 2 is 2.25 bits per heavy atom. The van der Waals surface area contributed by atoms with Gasteiger partial charge in [-0.3, -0.25) is 4.57 Å². The number of rotatable bonds is 6. The molecule has 90 valence electrons. The SMILES string of the molecule is CC(C)n1c(N)nnc1SCOCC1CC1. The molecule has 0 spiro atoms. The highest BCUT2D eigenvalue weighted by Gasteiger charge is 2.21. The van der Waals surface area contributed by atoms with Crippen LogP contribution in [0.1, 0.15) is 32.7 Å². The third-order valence-electron chi connectivity index (χ3n) is 2.53. The van der Waals surface area contributed by atoms with E-state index in [1.807, 2.05) is 4.57 Å². The molecule has 2 N–H and O–H groups in total.